The molecule has 1 saturated heterocycles. The lowest BCUT2D eigenvalue weighted by atomic mass is 9.84. The average molecular weight is 414 g/mol. The van der Waals surface area contributed by atoms with E-state index in [4.69, 9.17) is 0 Å². The third-order valence-corrected chi connectivity index (χ3v) is 4.78. The normalized spacial score (nSPS) is 18.2. The van der Waals surface area contributed by atoms with Crippen LogP contribution in [0.3, 0.4) is 0 Å². The number of nitrogens with zero attached hydrogens (tertiary/aromatic N) is 2. The number of anilines is 2. The Kier molecular flexibility index (Phi) is 5.49. The molecule has 3 rings (SSSR count). The molecular formula is C18H18F4N4O3. The molecule has 1 amide bonds. The Morgan fingerprint density at radius 2 is 2.10 bits per heavy atom. The molecule has 1 aliphatic rings. The fourth-order valence-electron chi connectivity index (χ4n) is 3.46. The molecule has 1 fully saturated rings. The number of hydrogen-bond acceptors (Lipinski definition) is 5. The summed E-state index contributed by atoms with van der Waals surface area (Å²) < 4.78 is 57.6. The van der Waals surface area contributed by atoms with Crippen molar-refractivity contribution in [3.63, 3.8) is 0 Å². The number of rotatable bonds is 5. The minimum absolute atomic E-state index is 0.135. The first kappa shape index (κ1) is 20.6. The highest BCUT2D eigenvalue weighted by molar-refractivity contribution is 5.98. The summed E-state index contributed by atoms with van der Waals surface area (Å²) in [5.74, 6) is -4.44. The lowest BCUT2D eigenvalue weighted by Gasteiger charge is -2.33. The van der Waals surface area contributed by atoms with E-state index in [0.717, 1.165) is 18.2 Å². The smallest absolute Gasteiger partial charge is 0.387 e. The van der Waals surface area contributed by atoms with Gasteiger partial charge in [-0.05, 0) is 24.0 Å². The largest absolute Gasteiger partial charge is 0.429 e. The van der Waals surface area contributed by atoms with Gasteiger partial charge in [-0.1, -0.05) is 13.8 Å². The van der Waals surface area contributed by atoms with Gasteiger partial charge >= 0.3 is 6.61 Å². The molecule has 156 valence electrons. The fourth-order valence-corrected chi connectivity index (χ4v) is 3.46. The van der Waals surface area contributed by atoms with Crippen molar-refractivity contribution in [2.75, 3.05) is 16.8 Å². The lowest BCUT2D eigenvalue weighted by molar-refractivity contribution is -0.119. The molecule has 1 aromatic heterocycles. The topological polar surface area (TPSA) is 87.3 Å². The van der Waals surface area contributed by atoms with Crippen LogP contribution in [-0.4, -0.2) is 35.3 Å². The van der Waals surface area contributed by atoms with Crippen LogP contribution < -0.4 is 20.5 Å². The molecule has 1 aromatic carbocycles. The highest BCUT2D eigenvalue weighted by Crippen LogP contribution is 2.44. The van der Waals surface area contributed by atoms with Crippen LogP contribution in [0.5, 0.6) is 5.75 Å². The van der Waals surface area contributed by atoms with Crippen molar-refractivity contribution in [2.45, 2.75) is 32.9 Å². The fraction of sp³-hybridized carbons (Fsp3) is 0.389. The molecule has 1 aliphatic heterocycles. The van der Waals surface area contributed by atoms with Crippen LogP contribution >= 0.6 is 0 Å². The Labute approximate surface area is 162 Å². The summed E-state index contributed by atoms with van der Waals surface area (Å²) in [6, 6.07) is 2.06. The van der Waals surface area contributed by atoms with Crippen molar-refractivity contribution in [2.24, 2.45) is 5.41 Å². The van der Waals surface area contributed by atoms with Gasteiger partial charge in [-0.3, -0.25) is 9.59 Å². The van der Waals surface area contributed by atoms with E-state index in [1.807, 2.05) is 0 Å². The van der Waals surface area contributed by atoms with E-state index in [9.17, 15) is 27.2 Å². The molecule has 0 bridgehead atoms. The minimum Gasteiger partial charge on any atom is -0.429 e. The molecule has 0 spiro atoms. The summed E-state index contributed by atoms with van der Waals surface area (Å²) in [6.07, 6.45) is 1.69. The second kappa shape index (κ2) is 7.72. The van der Waals surface area contributed by atoms with Gasteiger partial charge in [0, 0.05) is 12.6 Å². The zero-order valence-electron chi connectivity index (χ0n) is 15.5. The number of benzene rings is 1. The molecule has 1 atom stereocenters. The summed E-state index contributed by atoms with van der Waals surface area (Å²) in [7, 11) is 0. The molecular weight excluding hydrogens is 396 g/mol. The molecule has 0 saturated carbocycles. The van der Waals surface area contributed by atoms with Crippen LogP contribution in [0, 0.1) is 17.0 Å². The number of aromatic nitrogens is 2. The second-order valence-corrected chi connectivity index (χ2v) is 7.25. The molecule has 0 unspecified atom stereocenters. The van der Waals surface area contributed by atoms with Crippen LogP contribution in [0.15, 0.2) is 29.2 Å². The molecule has 2 N–H and O–H groups in total. The minimum atomic E-state index is -3.38. The Morgan fingerprint density at radius 3 is 2.76 bits per heavy atom. The Morgan fingerprint density at radius 1 is 1.38 bits per heavy atom. The first-order valence-electron chi connectivity index (χ1n) is 8.65. The Hall–Kier alpha value is -3.11. The molecule has 0 radical (unpaired) electrons. The number of carbonyl (C=O) groups is 1. The molecule has 29 heavy (non-hydrogen) atoms. The molecule has 0 aliphatic carbocycles. The van der Waals surface area contributed by atoms with E-state index in [2.05, 4.69) is 20.3 Å². The van der Waals surface area contributed by atoms with Crippen LogP contribution in [0.4, 0.5) is 28.9 Å². The van der Waals surface area contributed by atoms with Gasteiger partial charge in [0.2, 0.25) is 11.7 Å². The van der Waals surface area contributed by atoms with E-state index in [0.29, 0.717) is 6.42 Å². The predicted molar refractivity (Wildman–Crippen MR) is 96.0 cm³/mol. The predicted octanol–water partition coefficient (Wildman–Crippen LogP) is 2.89. The van der Waals surface area contributed by atoms with Gasteiger partial charge in [-0.15, -0.1) is 0 Å². The van der Waals surface area contributed by atoms with Gasteiger partial charge in [0.1, 0.15) is 6.04 Å². The summed E-state index contributed by atoms with van der Waals surface area (Å²) in [5.41, 5.74) is -1.21. The highest BCUT2D eigenvalue weighted by atomic mass is 19.3. The van der Waals surface area contributed by atoms with Crippen molar-refractivity contribution >= 4 is 17.3 Å². The van der Waals surface area contributed by atoms with E-state index in [1.165, 1.54) is 11.1 Å². The maximum Gasteiger partial charge on any atom is 0.387 e. The van der Waals surface area contributed by atoms with Crippen molar-refractivity contribution in [3.8, 4) is 5.75 Å². The number of carbonyl (C=O) groups excluding carboxylic acids is 1. The zero-order chi connectivity index (χ0) is 21.3. The van der Waals surface area contributed by atoms with Crippen molar-refractivity contribution in [1.82, 2.24) is 10.2 Å². The summed E-state index contributed by atoms with van der Waals surface area (Å²) in [4.78, 5) is 25.7. The van der Waals surface area contributed by atoms with Gasteiger partial charge in [0.05, 0.1) is 17.6 Å². The number of H-pyrrole nitrogens is 1. The van der Waals surface area contributed by atoms with E-state index in [1.54, 1.807) is 13.8 Å². The van der Waals surface area contributed by atoms with Crippen LogP contribution in [0.2, 0.25) is 0 Å². The number of nitrogens with one attached hydrogen (secondary N) is 2. The zero-order valence-corrected chi connectivity index (χ0v) is 15.5. The third kappa shape index (κ3) is 4.17. The Balaban J connectivity index is 1.99. The first-order chi connectivity index (χ1) is 13.6. The number of ether oxygens (including phenoxy) is 1. The van der Waals surface area contributed by atoms with Crippen molar-refractivity contribution in [3.05, 3.63) is 46.4 Å². The standard InChI is InChI=1S/C18H18F4N4O3/c1-18(2)5-6-26(11-4-3-10(19)13(20)14(11)29-17(21)22)15(18)16(28)24-9-7-12(27)25-23-8-9/h3-4,7-8,15,17H,5-6H2,1-2H3,(H2,24,25,27,28)/t15-/m0/s1. The quantitative estimate of drug-likeness (QED) is 0.735. The Bertz CT molecular complexity index is 980. The average Bonchev–Trinajstić information content (AvgIpc) is 2.94. The number of hydrogen-bond donors (Lipinski definition) is 2. The molecule has 7 nitrogen and oxygen atoms in total. The van der Waals surface area contributed by atoms with Gasteiger partial charge < -0.3 is 15.0 Å². The lowest BCUT2D eigenvalue weighted by Crippen LogP contribution is -2.46. The highest BCUT2D eigenvalue weighted by Gasteiger charge is 2.46. The monoisotopic (exact) mass is 414 g/mol. The maximum atomic E-state index is 14.2. The van der Waals surface area contributed by atoms with Gasteiger partial charge in [0.25, 0.3) is 5.56 Å². The summed E-state index contributed by atoms with van der Waals surface area (Å²) >= 11 is 0. The number of alkyl halides is 2. The van der Waals surface area contributed by atoms with E-state index < -0.39 is 46.9 Å². The number of halogens is 4. The van der Waals surface area contributed by atoms with Crippen LogP contribution in [-0.2, 0) is 4.79 Å². The summed E-state index contributed by atoms with van der Waals surface area (Å²) in [5, 5.41) is 8.30. The summed E-state index contributed by atoms with van der Waals surface area (Å²) in [6.45, 7) is 0.389. The van der Waals surface area contributed by atoms with E-state index >= 15 is 0 Å². The first-order valence-corrected chi connectivity index (χ1v) is 8.65. The third-order valence-electron chi connectivity index (χ3n) is 4.78. The van der Waals surface area contributed by atoms with Gasteiger partial charge in [0.15, 0.2) is 11.6 Å². The SMILES string of the molecule is CC1(C)CCN(c2ccc(F)c(F)c2OC(F)F)[C@H]1C(=O)Nc1cn[nH]c(=O)c1. The molecule has 2 aromatic rings. The number of amides is 1. The maximum absolute atomic E-state index is 14.2. The van der Waals surface area contributed by atoms with Gasteiger partial charge in [-0.2, -0.15) is 18.3 Å². The van der Waals surface area contributed by atoms with E-state index in [-0.39, 0.29) is 17.9 Å². The molecule has 11 heteroatoms. The molecule has 2 heterocycles. The van der Waals surface area contributed by atoms with Crippen molar-refractivity contribution in [1.29, 1.82) is 0 Å². The van der Waals surface area contributed by atoms with Crippen molar-refractivity contribution < 1.29 is 27.1 Å². The number of aromatic amines is 1. The van der Waals surface area contributed by atoms with Crippen LogP contribution in [0.25, 0.3) is 0 Å². The second-order valence-electron chi connectivity index (χ2n) is 7.25. The van der Waals surface area contributed by atoms with Crippen LogP contribution in [0.1, 0.15) is 20.3 Å². The van der Waals surface area contributed by atoms with Gasteiger partial charge in [-0.25, -0.2) is 9.49 Å².